The fourth-order valence-electron chi connectivity index (χ4n) is 3.79. The van der Waals surface area contributed by atoms with Crippen molar-refractivity contribution in [1.29, 1.82) is 0 Å². The molecule has 2 aliphatic heterocycles. The third kappa shape index (κ3) is 2.85. The molecule has 0 saturated carbocycles. The maximum atomic E-state index is 12.7. The number of aromatic nitrogens is 2. The number of aryl methyl sites for hydroxylation is 1. The summed E-state index contributed by atoms with van der Waals surface area (Å²) in [5.41, 5.74) is 4.08. The molecular weight excluding hydrogens is 316 g/mol. The third-order valence-electron chi connectivity index (χ3n) is 5.69. The summed E-state index contributed by atoms with van der Waals surface area (Å²) in [4.78, 5) is 17.0. The molecule has 6 heteroatoms. The second kappa shape index (κ2) is 6.28. The van der Waals surface area contributed by atoms with E-state index >= 15 is 0 Å². The van der Waals surface area contributed by atoms with Crippen LogP contribution in [0.25, 0.3) is 5.69 Å². The van der Waals surface area contributed by atoms with Crippen LogP contribution in [0.3, 0.4) is 0 Å². The van der Waals surface area contributed by atoms with E-state index in [2.05, 4.69) is 15.6 Å². The van der Waals surface area contributed by atoms with Gasteiger partial charge in [0.2, 0.25) is 5.91 Å². The topological polar surface area (TPSA) is 68.2 Å². The van der Waals surface area contributed by atoms with Crippen LogP contribution in [0.4, 0.5) is 5.69 Å². The fourth-order valence-corrected chi connectivity index (χ4v) is 3.79. The van der Waals surface area contributed by atoms with Gasteiger partial charge in [0.15, 0.2) is 0 Å². The van der Waals surface area contributed by atoms with E-state index in [4.69, 9.17) is 4.74 Å². The first kappa shape index (κ1) is 16.3. The molecule has 2 N–H and O–H groups in total. The van der Waals surface area contributed by atoms with Gasteiger partial charge in [-0.1, -0.05) is 0 Å². The Kier molecular flexibility index (Phi) is 4.09. The molecule has 0 bridgehead atoms. The van der Waals surface area contributed by atoms with Gasteiger partial charge in [0.25, 0.3) is 0 Å². The highest BCUT2D eigenvalue weighted by molar-refractivity contribution is 5.96. The molecule has 132 valence electrons. The molecular formula is C19H24N4O2. The number of rotatable bonds is 3. The van der Waals surface area contributed by atoms with Gasteiger partial charge in [0.05, 0.1) is 18.1 Å². The summed E-state index contributed by atoms with van der Waals surface area (Å²) in [6, 6.07) is 7.77. The van der Waals surface area contributed by atoms with Crippen molar-refractivity contribution in [2.45, 2.75) is 32.7 Å². The van der Waals surface area contributed by atoms with Crippen molar-refractivity contribution in [1.82, 2.24) is 14.9 Å². The van der Waals surface area contributed by atoms with Gasteiger partial charge in [-0.2, -0.15) is 0 Å². The maximum absolute atomic E-state index is 12.7. The average molecular weight is 340 g/mol. The Balaban J connectivity index is 1.44. The quantitative estimate of drug-likeness (QED) is 0.899. The van der Waals surface area contributed by atoms with Gasteiger partial charge in [0, 0.05) is 42.2 Å². The summed E-state index contributed by atoms with van der Waals surface area (Å²) in [6.45, 7) is 6.46. The number of amides is 1. The molecule has 3 heterocycles. The Morgan fingerprint density at radius 3 is 2.56 bits per heavy atom. The number of anilines is 1. The number of nitrogens with zero attached hydrogens (tertiary/aromatic N) is 2. The largest absolute Gasteiger partial charge is 0.381 e. The van der Waals surface area contributed by atoms with Crippen LogP contribution < -0.4 is 10.6 Å². The van der Waals surface area contributed by atoms with Crippen LogP contribution in [0.5, 0.6) is 0 Å². The van der Waals surface area contributed by atoms with Crippen molar-refractivity contribution in [3.05, 3.63) is 42.0 Å². The zero-order valence-corrected chi connectivity index (χ0v) is 14.7. The summed E-state index contributed by atoms with van der Waals surface area (Å²) in [5.74, 6) is 0.0514. The first-order valence-corrected chi connectivity index (χ1v) is 8.82. The Morgan fingerprint density at radius 2 is 2.00 bits per heavy atom. The number of benzene rings is 1. The van der Waals surface area contributed by atoms with E-state index in [0.29, 0.717) is 0 Å². The SMILES string of the molecule is Cc1ncn(-c2ccc(NC(=O)C3NCC34CCOCC4)cc2)c1C. The molecule has 6 nitrogen and oxygen atoms in total. The lowest BCUT2D eigenvalue weighted by molar-refractivity contribution is -0.130. The number of ether oxygens (including phenoxy) is 1. The van der Waals surface area contributed by atoms with E-state index < -0.39 is 0 Å². The standard InChI is InChI=1S/C19H24N4O2/c1-13-14(2)23(12-21-13)16-5-3-15(4-6-16)22-18(24)17-19(11-20-17)7-9-25-10-8-19/h3-6,12,17,20H,7-11H2,1-2H3,(H,22,24). The van der Waals surface area contributed by atoms with Gasteiger partial charge in [-0.25, -0.2) is 4.98 Å². The van der Waals surface area contributed by atoms with Crippen LogP contribution in [-0.4, -0.2) is 41.3 Å². The summed E-state index contributed by atoms with van der Waals surface area (Å²) >= 11 is 0. The Bertz CT molecular complexity index is 775. The lowest BCUT2D eigenvalue weighted by atomic mass is 9.67. The van der Waals surface area contributed by atoms with Gasteiger partial charge in [0.1, 0.15) is 0 Å². The minimum atomic E-state index is -0.116. The Morgan fingerprint density at radius 1 is 1.28 bits per heavy atom. The van der Waals surface area contributed by atoms with Crippen LogP contribution in [0.15, 0.2) is 30.6 Å². The van der Waals surface area contributed by atoms with Crippen LogP contribution in [0.1, 0.15) is 24.2 Å². The van der Waals surface area contributed by atoms with E-state index in [1.54, 1.807) is 0 Å². The van der Waals surface area contributed by atoms with Crippen molar-refractivity contribution in [3.8, 4) is 5.69 Å². The zero-order valence-electron chi connectivity index (χ0n) is 14.7. The van der Waals surface area contributed by atoms with Crippen molar-refractivity contribution < 1.29 is 9.53 Å². The predicted octanol–water partition coefficient (Wildman–Crippen LogP) is 2.20. The number of nitrogens with one attached hydrogen (secondary N) is 2. The molecule has 2 aliphatic rings. The predicted molar refractivity (Wildman–Crippen MR) is 95.9 cm³/mol. The summed E-state index contributed by atoms with van der Waals surface area (Å²) < 4.78 is 7.49. The molecule has 4 rings (SSSR count). The van der Waals surface area contributed by atoms with Gasteiger partial charge in [-0.3, -0.25) is 4.79 Å². The Hall–Kier alpha value is -2.18. The molecule has 1 aromatic heterocycles. The highest BCUT2D eigenvalue weighted by Crippen LogP contribution is 2.40. The smallest absolute Gasteiger partial charge is 0.242 e. The molecule has 1 amide bonds. The van der Waals surface area contributed by atoms with Gasteiger partial charge in [-0.15, -0.1) is 0 Å². The van der Waals surface area contributed by atoms with Crippen LogP contribution in [-0.2, 0) is 9.53 Å². The minimum Gasteiger partial charge on any atom is -0.381 e. The number of imidazole rings is 1. The maximum Gasteiger partial charge on any atom is 0.242 e. The monoisotopic (exact) mass is 340 g/mol. The molecule has 2 saturated heterocycles. The van der Waals surface area contributed by atoms with Crippen LogP contribution in [0.2, 0.25) is 0 Å². The second-order valence-corrected chi connectivity index (χ2v) is 7.11. The van der Waals surface area contributed by atoms with Crippen molar-refractivity contribution >= 4 is 11.6 Å². The highest BCUT2D eigenvalue weighted by atomic mass is 16.5. The molecule has 1 aromatic carbocycles. The Labute approximate surface area is 147 Å². The van der Waals surface area contributed by atoms with E-state index in [1.165, 1.54) is 0 Å². The number of carbonyl (C=O) groups is 1. The summed E-state index contributed by atoms with van der Waals surface area (Å²) in [7, 11) is 0. The van der Waals surface area contributed by atoms with Crippen molar-refractivity contribution in [3.63, 3.8) is 0 Å². The van der Waals surface area contributed by atoms with E-state index in [1.807, 2.05) is 49.0 Å². The molecule has 2 fully saturated rings. The minimum absolute atomic E-state index is 0.0514. The normalized spacial score (nSPS) is 21.8. The molecule has 0 aliphatic carbocycles. The molecule has 25 heavy (non-hydrogen) atoms. The number of hydrogen-bond acceptors (Lipinski definition) is 4. The molecule has 2 aromatic rings. The summed E-state index contributed by atoms with van der Waals surface area (Å²) in [5, 5.41) is 6.34. The summed E-state index contributed by atoms with van der Waals surface area (Å²) in [6.07, 6.45) is 3.73. The van der Waals surface area contributed by atoms with Crippen molar-refractivity contribution in [2.24, 2.45) is 5.41 Å². The second-order valence-electron chi connectivity index (χ2n) is 7.11. The number of carbonyl (C=O) groups excluding carboxylic acids is 1. The first-order chi connectivity index (χ1) is 12.1. The average Bonchev–Trinajstić information content (AvgIpc) is 2.94. The molecule has 1 atom stereocenters. The van der Waals surface area contributed by atoms with Crippen molar-refractivity contribution in [2.75, 3.05) is 25.1 Å². The number of hydrogen-bond donors (Lipinski definition) is 2. The molecule has 1 unspecified atom stereocenters. The van der Waals surface area contributed by atoms with Gasteiger partial charge >= 0.3 is 0 Å². The third-order valence-corrected chi connectivity index (χ3v) is 5.69. The lowest BCUT2D eigenvalue weighted by Gasteiger charge is -2.51. The van der Waals surface area contributed by atoms with Gasteiger partial charge in [-0.05, 0) is 51.0 Å². The lowest BCUT2D eigenvalue weighted by Crippen LogP contribution is -2.68. The van der Waals surface area contributed by atoms with Crippen LogP contribution in [0, 0.1) is 19.3 Å². The zero-order chi connectivity index (χ0) is 17.4. The highest BCUT2D eigenvalue weighted by Gasteiger charge is 2.50. The van der Waals surface area contributed by atoms with E-state index in [-0.39, 0.29) is 17.4 Å². The van der Waals surface area contributed by atoms with E-state index in [9.17, 15) is 4.79 Å². The molecule has 0 radical (unpaired) electrons. The molecule has 1 spiro atoms. The van der Waals surface area contributed by atoms with Crippen LogP contribution >= 0.6 is 0 Å². The first-order valence-electron chi connectivity index (χ1n) is 8.82. The van der Waals surface area contributed by atoms with Gasteiger partial charge < -0.3 is 19.9 Å². The fraction of sp³-hybridized carbons (Fsp3) is 0.474. The van der Waals surface area contributed by atoms with E-state index in [0.717, 1.165) is 55.4 Å².